The smallest absolute Gasteiger partial charge is 0.132 e. The van der Waals surface area contributed by atoms with Crippen molar-refractivity contribution in [2.24, 2.45) is 5.92 Å². The first kappa shape index (κ1) is 21.3. The van der Waals surface area contributed by atoms with E-state index in [1.165, 1.54) is 18.4 Å². The number of halogens is 1. The second-order valence-electron chi connectivity index (χ2n) is 8.11. The average Bonchev–Trinajstić information content (AvgIpc) is 2.80. The quantitative estimate of drug-likeness (QED) is 0.448. The van der Waals surface area contributed by atoms with Crippen LogP contribution in [-0.2, 0) is 12.8 Å². The summed E-state index contributed by atoms with van der Waals surface area (Å²) in [6, 6.07) is 10.0. The summed E-state index contributed by atoms with van der Waals surface area (Å²) in [5.41, 5.74) is 5.44. The number of nitrogens with zero attached hydrogens (tertiary/aromatic N) is 4. The number of aromatic nitrogens is 3. The summed E-state index contributed by atoms with van der Waals surface area (Å²) < 4.78 is 0. The van der Waals surface area contributed by atoms with E-state index < -0.39 is 0 Å². The minimum atomic E-state index is 0.663. The summed E-state index contributed by atoms with van der Waals surface area (Å²) in [5, 5.41) is 0.730. The van der Waals surface area contributed by atoms with Crippen molar-refractivity contribution in [2.75, 3.05) is 13.1 Å². The Bertz CT molecular complexity index is 1050. The van der Waals surface area contributed by atoms with E-state index in [2.05, 4.69) is 39.1 Å². The number of likely N-dealkylation sites (tertiary alicyclic amines) is 1. The van der Waals surface area contributed by atoms with Crippen LogP contribution >= 0.6 is 11.6 Å². The van der Waals surface area contributed by atoms with E-state index in [4.69, 9.17) is 11.6 Å². The summed E-state index contributed by atoms with van der Waals surface area (Å²) in [6.07, 6.45) is 13.5. The van der Waals surface area contributed by atoms with Gasteiger partial charge >= 0.3 is 0 Å². The molecule has 1 aromatic carbocycles. The van der Waals surface area contributed by atoms with Crippen molar-refractivity contribution in [1.82, 2.24) is 19.9 Å². The molecule has 1 saturated heterocycles. The zero-order valence-electron chi connectivity index (χ0n) is 17.7. The predicted octanol–water partition coefficient (Wildman–Crippen LogP) is 5.74. The Balaban J connectivity index is 1.39. The topological polar surface area (TPSA) is 41.9 Å². The minimum Gasteiger partial charge on any atom is -0.372 e. The van der Waals surface area contributed by atoms with Gasteiger partial charge in [-0.25, -0.2) is 9.97 Å². The van der Waals surface area contributed by atoms with Gasteiger partial charge in [-0.05, 0) is 60.6 Å². The Hall–Kier alpha value is -2.98. The fraction of sp³-hybridized carbons (Fsp3) is 0.269. The van der Waals surface area contributed by atoms with Gasteiger partial charge in [0, 0.05) is 66.1 Å². The molecule has 0 amide bonds. The van der Waals surface area contributed by atoms with E-state index in [9.17, 15) is 0 Å². The molecule has 2 aromatic heterocycles. The SMILES string of the molecule is C=CC(=C)N1CCC(Cc2cncc(-c3cnc(Cc4cccc(Cl)c4)nc3)c2)CC1. The fourth-order valence-corrected chi connectivity index (χ4v) is 4.28. The first-order chi connectivity index (χ1) is 15.1. The largest absolute Gasteiger partial charge is 0.372 e. The van der Waals surface area contributed by atoms with Crippen LogP contribution < -0.4 is 0 Å². The molecule has 4 rings (SSSR count). The minimum absolute atomic E-state index is 0.663. The lowest BCUT2D eigenvalue weighted by atomic mass is 9.90. The zero-order valence-corrected chi connectivity index (χ0v) is 18.4. The van der Waals surface area contributed by atoms with Gasteiger partial charge in [-0.15, -0.1) is 0 Å². The van der Waals surface area contributed by atoms with E-state index in [0.717, 1.165) is 52.7 Å². The highest BCUT2D eigenvalue weighted by Crippen LogP contribution is 2.25. The molecule has 4 nitrogen and oxygen atoms in total. The molecular formula is C26H27ClN4. The average molecular weight is 431 g/mol. The molecule has 3 aromatic rings. The lowest BCUT2D eigenvalue weighted by molar-refractivity contribution is 0.232. The third kappa shape index (κ3) is 5.59. The molecule has 5 heteroatoms. The predicted molar refractivity (Wildman–Crippen MR) is 127 cm³/mol. The lowest BCUT2D eigenvalue weighted by Crippen LogP contribution is -2.32. The number of hydrogen-bond acceptors (Lipinski definition) is 4. The summed E-state index contributed by atoms with van der Waals surface area (Å²) in [4.78, 5) is 15.9. The van der Waals surface area contributed by atoms with Crippen molar-refractivity contribution < 1.29 is 0 Å². The molecule has 0 aliphatic carbocycles. The third-order valence-corrected chi connectivity index (χ3v) is 6.10. The molecule has 0 N–H and O–H groups in total. The van der Waals surface area contributed by atoms with Gasteiger partial charge in [0.1, 0.15) is 5.82 Å². The number of benzene rings is 1. The van der Waals surface area contributed by atoms with E-state index in [0.29, 0.717) is 12.3 Å². The molecule has 0 atom stereocenters. The highest BCUT2D eigenvalue weighted by molar-refractivity contribution is 6.30. The Labute approximate surface area is 189 Å². The van der Waals surface area contributed by atoms with Gasteiger partial charge in [0.25, 0.3) is 0 Å². The van der Waals surface area contributed by atoms with Gasteiger partial charge in [-0.1, -0.05) is 36.9 Å². The van der Waals surface area contributed by atoms with Crippen LogP contribution in [0.25, 0.3) is 11.1 Å². The first-order valence-electron chi connectivity index (χ1n) is 10.7. The third-order valence-electron chi connectivity index (χ3n) is 5.87. The van der Waals surface area contributed by atoms with Gasteiger partial charge in [0.05, 0.1) is 0 Å². The summed E-state index contributed by atoms with van der Waals surface area (Å²) in [5.74, 6) is 1.45. The normalized spacial score (nSPS) is 14.4. The van der Waals surface area contributed by atoms with Crippen LogP contribution in [0.1, 0.15) is 29.8 Å². The molecule has 0 bridgehead atoms. The maximum Gasteiger partial charge on any atom is 0.132 e. The number of allylic oxidation sites excluding steroid dienone is 1. The van der Waals surface area contributed by atoms with Gasteiger partial charge in [-0.2, -0.15) is 0 Å². The number of pyridine rings is 1. The van der Waals surface area contributed by atoms with E-state index >= 15 is 0 Å². The van der Waals surface area contributed by atoms with Crippen LogP contribution in [0.2, 0.25) is 5.02 Å². The molecule has 1 aliphatic heterocycles. The van der Waals surface area contributed by atoms with Crippen molar-refractivity contribution in [3.05, 3.63) is 102 Å². The van der Waals surface area contributed by atoms with Crippen LogP contribution in [0.3, 0.4) is 0 Å². The lowest BCUT2D eigenvalue weighted by Gasteiger charge is -2.33. The van der Waals surface area contributed by atoms with Crippen LogP contribution in [0.5, 0.6) is 0 Å². The van der Waals surface area contributed by atoms with Crippen molar-refractivity contribution >= 4 is 11.6 Å². The molecular weight excluding hydrogens is 404 g/mol. The van der Waals surface area contributed by atoms with Gasteiger partial charge in [0.15, 0.2) is 0 Å². The number of hydrogen-bond donors (Lipinski definition) is 0. The Kier molecular flexibility index (Phi) is 6.78. The van der Waals surface area contributed by atoms with E-state index in [1.807, 2.05) is 55.1 Å². The van der Waals surface area contributed by atoms with Crippen molar-refractivity contribution in [3.8, 4) is 11.1 Å². The monoisotopic (exact) mass is 430 g/mol. The van der Waals surface area contributed by atoms with Gasteiger partial charge in [-0.3, -0.25) is 4.98 Å². The van der Waals surface area contributed by atoms with Crippen LogP contribution in [0.4, 0.5) is 0 Å². The Morgan fingerprint density at radius 1 is 1.03 bits per heavy atom. The highest BCUT2D eigenvalue weighted by Gasteiger charge is 2.19. The number of rotatable bonds is 7. The molecule has 0 spiro atoms. The summed E-state index contributed by atoms with van der Waals surface area (Å²) >= 11 is 6.07. The van der Waals surface area contributed by atoms with Gasteiger partial charge < -0.3 is 4.90 Å². The van der Waals surface area contributed by atoms with Crippen molar-refractivity contribution in [2.45, 2.75) is 25.7 Å². The molecule has 0 radical (unpaired) electrons. The standard InChI is InChI=1S/C26H27ClN4/c1-3-19(2)31-9-7-20(8-10-31)11-22-12-23(16-28-15-22)24-17-29-26(30-18-24)14-21-5-4-6-25(27)13-21/h3-6,12-13,15-18,20H,1-2,7-11,14H2. The Morgan fingerprint density at radius 2 is 1.81 bits per heavy atom. The second-order valence-corrected chi connectivity index (χ2v) is 8.54. The fourth-order valence-electron chi connectivity index (χ4n) is 4.07. The summed E-state index contributed by atoms with van der Waals surface area (Å²) in [7, 11) is 0. The van der Waals surface area contributed by atoms with Crippen LogP contribution in [-0.4, -0.2) is 32.9 Å². The van der Waals surface area contributed by atoms with E-state index in [-0.39, 0.29) is 0 Å². The molecule has 31 heavy (non-hydrogen) atoms. The molecule has 1 aliphatic rings. The van der Waals surface area contributed by atoms with E-state index in [1.54, 1.807) is 0 Å². The van der Waals surface area contributed by atoms with Crippen LogP contribution in [0.15, 0.2) is 80.1 Å². The second kappa shape index (κ2) is 9.88. The molecule has 0 unspecified atom stereocenters. The zero-order chi connectivity index (χ0) is 21.6. The van der Waals surface area contributed by atoms with Crippen molar-refractivity contribution in [1.29, 1.82) is 0 Å². The van der Waals surface area contributed by atoms with Crippen LogP contribution in [0, 0.1) is 5.92 Å². The maximum absolute atomic E-state index is 6.07. The highest BCUT2D eigenvalue weighted by atomic mass is 35.5. The van der Waals surface area contributed by atoms with Crippen molar-refractivity contribution in [3.63, 3.8) is 0 Å². The number of piperidine rings is 1. The molecule has 0 saturated carbocycles. The maximum atomic E-state index is 6.07. The Morgan fingerprint density at radius 3 is 2.52 bits per heavy atom. The molecule has 158 valence electrons. The van der Waals surface area contributed by atoms with Gasteiger partial charge in [0.2, 0.25) is 0 Å². The molecule has 1 fully saturated rings. The molecule has 3 heterocycles. The first-order valence-corrected chi connectivity index (χ1v) is 11.0. The summed E-state index contributed by atoms with van der Waals surface area (Å²) in [6.45, 7) is 9.98.